The molecule has 0 radical (unpaired) electrons. The van der Waals surface area contributed by atoms with Crippen molar-refractivity contribution >= 4 is 37.0 Å². The Bertz CT molecular complexity index is 143. The van der Waals surface area contributed by atoms with Crippen LogP contribution in [-0.2, 0) is 17.2 Å². The second-order valence-corrected chi connectivity index (χ2v) is 1.20. The second kappa shape index (κ2) is 3.50. The number of hydrogen-bond acceptors (Lipinski definition) is 4. The van der Waals surface area contributed by atoms with E-state index >= 15 is 0 Å². The largest absolute Gasteiger partial charge is 0.475 e. The number of carboxylic acid groups (broad SMARTS) is 1. The van der Waals surface area contributed by atoms with Crippen molar-refractivity contribution < 1.29 is 9.90 Å². The van der Waals surface area contributed by atoms with Gasteiger partial charge >= 0.3 is 5.97 Å². The molecule has 1 N–H and O–H groups in total. The first-order chi connectivity index (χ1) is 3.72. The van der Waals surface area contributed by atoms with Crippen LogP contribution < -0.4 is 0 Å². The maximum Gasteiger partial charge on any atom is 0.375 e. The van der Waals surface area contributed by atoms with Gasteiger partial charge in [-0.3, -0.25) is 0 Å². The van der Waals surface area contributed by atoms with E-state index in [2.05, 4.69) is 34.0 Å². The monoisotopic (exact) mass is 150 g/mol. The number of rotatable bonds is 0. The first-order valence-corrected chi connectivity index (χ1v) is 2.27. The number of aliphatic carboxylic acids is 1. The Morgan fingerprint density at radius 3 is 2.25 bits per heavy atom. The molecule has 0 bridgehead atoms. The highest BCUT2D eigenvalue weighted by Crippen LogP contribution is 1.82. The van der Waals surface area contributed by atoms with Crippen LogP contribution in [-0.4, -0.2) is 16.9 Å². The molecule has 44 valence electrons. The lowest BCUT2D eigenvalue weighted by atomic mass is 10.6. The fraction of sp³-hybridized carbons (Fsp3) is 0. The Kier molecular flexibility index (Phi) is 3.29. The minimum absolute atomic E-state index is 0.469. The number of nitrogens with zero attached hydrogens (tertiary/aromatic N) is 2. The predicted molar refractivity (Wildman–Crippen MR) is 33.8 cm³/mol. The molecule has 0 rings (SSSR count). The molecule has 0 aliphatic heterocycles. The summed E-state index contributed by atoms with van der Waals surface area (Å²) in [4.78, 5) is 9.82. The van der Waals surface area contributed by atoms with Crippen molar-refractivity contribution in [2.45, 2.75) is 0 Å². The zero-order chi connectivity index (χ0) is 6.57. The van der Waals surface area contributed by atoms with Gasteiger partial charge in [-0.25, -0.2) is 4.79 Å². The van der Waals surface area contributed by atoms with Crippen molar-refractivity contribution in [3.8, 4) is 0 Å². The fourth-order valence-electron chi connectivity index (χ4n) is 0.100. The van der Waals surface area contributed by atoms with E-state index in [-0.39, 0.29) is 0 Å². The Morgan fingerprint density at radius 2 is 2.25 bits per heavy atom. The van der Waals surface area contributed by atoms with Crippen molar-refractivity contribution in [3.05, 3.63) is 0 Å². The van der Waals surface area contributed by atoms with Gasteiger partial charge in [0.1, 0.15) is 0 Å². The van der Waals surface area contributed by atoms with E-state index in [1.807, 2.05) is 0 Å². The van der Waals surface area contributed by atoms with Crippen LogP contribution in [0.2, 0.25) is 0 Å². The van der Waals surface area contributed by atoms with Gasteiger partial charge < -0.3 is 5.11 Å². The molecule has 0 fully saturated rings. The summed E-state index contributed by atoms with van der Waals surface area (Å²) < 4.78 is 5.81. The third-order valence-corrected chi connectivity index (χ3v) is 0.735. The van der Waals surface area contributed by atoms with E-state index in [9.17, 15) is 4.79 Å². The zero-order valence-corrected chi connectivity index (χ0v) is 5.32. The number of carbonyl (C=O) groups is 1. The van der Waals surface area contributed by atoms with E-state index in [1.165, 1.54) is 0 Å². The summed E-state index contributed by atoms with van der Waals surface area (Å²) in [6, 6.07) is 0. The maximum atomic E-state index is 9.82. The molecule has 0 atom stereocenters. The van der Waals surface area contributed by atoms with E-state index in [1.54, 1.807) is 0 Å². The summed E-state index contributed by atoms with van der Waals surface area (Å²) in [5.41, 5.74) is 0. The van der Waals surface area contributed by atoms with Gasteiger partial charge in [-0.1, -0.05) is 0 Å². The number of thiol groups is 1. The summed E-state index contributed by atoms with van der Waals surface area (Å²) in [6.45, 7) is 0. The van der Waals surface area contributed by atoms with Crippen LogP contribution in [0.5, 0.6) is 0 Å². The van der Waals surface area contributed by atoms with Crippen LogP contribution in [0.25, 0.3) is 0 Å². The lowest BCUT2D eigenvalue weighted by Gasteiger charge is -1.82. The number of hydrogen-bond donors (Lipinski definition) is 2. The van der Waals surface area contributed by atoms with Crippen LogP contribution >= 0.6 is 12.8 Å². The van der Waals surface area contributed by atoms with Crippen molar-refractivity contribution in [2.75, 3.05) is 0 Å². The van der Waals surface area contributed by atoms with Gasteiger partial charge in [0.05, 0.1) is 0 Å². The van der Waals surface area contributed by atoms with Crippen LogP contribution in [0.4, 0.5) is 0 Å². The SMILES string of the molecule is O=C(O)/C(N=S)=N/S. The predicted octanol–water partition coefficient (Wildman–Crippen LogP) is 0.0448. The standard InChI is InChI=1S/C2H2N2O2S2/c5-2(6)1(3-7)4-8/h7H,(H,5,6)/b3-1-. The molecule has 0 aromatic rings. The molecule has 0 amide bonds. The smallest absolute Gasteiger partial charge is 0.375 e. The molecule has 0 saturated heterocycles. The van der Waals surface area contributed by atoms with Gasteiger partial charge in [0.25, 0.3) is 5.84 Å². The van der Waals surface area contributed by atoms with Gasteiger partial charge in [-0.2, -0.15) is 8.76 Å². The molecular weight excluding hydrogens is 148 g/mol. The van der Waals surface area contributed by atoms with Crippen molar-refractivity contribution in [1.82, 2.24) is 0 Å². The first-order valence-electron chi connectivity index (χ1n) is 1.51. The molecule has 0 aromatic carbocycles. The molecular formula is C2H2N2O2S2. The number of amidine groups is 1. The van der Waals surface area contributed by atoms with Gasteiger partial charge in [0.15, 0.2) is 0 Å². The van der Waals surface area contributed by atoms with Crippen LogP contribution in [0.3, 0.4) is 0 Å². The minimum atomic E-state index is -1.27. The van der Waals surface area contributed by atoms with Crippen LogP contribution in [0.1, 0.15) is 0 Å². The molecule has 0 aliphatic rings. The summed E-state index contributed by atoms with van der Waals surface area (Å²) in [5.74, 6) is -1.74. The molecule has 0 saturated carbocycles. The average molecular weight is 150 g/mol. The van der Waals surface area contributed by atoms with Crippen LogP contribution in [0.15, 0.2) is 8.76 Å². The van der Waals surface area contributed by atoms with E-state index in [4.69, 9.17) is 5.11 Å². The molecule has 0 aromatic heterocycles. The van der Waals surface area contributed by atoms with Gasteiger partial charge in [0.2, 0.25) is 0 Å². The summed E-state index contributed by atoms with van der Waals surface area (Å²) in [6.07, 6.45) is 0. The molecule has 0 aliphatic carbocycles. The fourth-order valence-corrected chi connectivity index (χ4v) is 0.410. The third kappa shape index (κ3) is 1.99. The van der Waals surface area contributed by atoms with Crippen LogP contribution in [0, 0.1) is 0 Å². The average Bonchev–Trinajstić information content (AvgIpc) is 1.69. The zero-order valence-electron chi connectivity index (χ0n) is 3.61. The Balaban J connectivity index is 4.13. The molecule has 6 heteroatoms. The van der Waals surface area contributed by atoms with Gasteiger partial charge in [-0.05, 0) is 12.8 Å². The summed E-state index contributed by atoms with van der Waals surface area (Å²) in [5, 5.41) is 8.03. The molecule has 0 heterocycles. The molecule has 0 spiro atoms. The van der Waals surface area contributed by atoms with E-state index in [0.717, 1.165) is 0 Å². The second-order valence-electron chi connectivity index (χ2n) is 0.820. The lowest BCUT2D eigenvalue weighted by molar-refractivity contribution is -0.129. The topological polar surface area (TPSA) is 62.0 Å². The normalized spacial score (nSPS) is 10.9. The van der Waals surface area contributed by atoms with Gasteiger partial charge in [0, 0.05) is 12.4 Å². The van der Waals surface area contributed by atoms with E-state index in [0.29, 0.717) is 0 Å². The highest BCUT2D eigenvalue weighted by Gasteiger charge is 2.03. The maximum absolute atomic E-state index is 9.82. The molecule has 0 unspecified atom stereocenters. The highest BCUT2D eigenvalue weighted by atomic mass is 32.1. The Morgan fingerprint density at radius 1 is 1.75 bits per heavy atom. The van der Waals surface area contributed by atoms with E-state index < -0.39 is 11.8 Å². The quantitative estimate of drug-likeness (QED) is 0.291. The lowest BCUT2D eigenvalue weighted by Crippen LogP contribution is -2.07. The summed E-state index contributed by atoms with van der Waals surface area (Å²) >= 11 is 7.30. The minimum Gasteiger partial charge on any atom is -0.475 e. The Hall–Kier alpha value is -0.490. The molecule has 4 nitrogen and oxygen atoms in total. The third-order valence-electron chi connectivity index (χ3n) is 0.372. The Labute approximate surface area is 56.3 Å². The van der Waals surface area contributed by atoms with Crippen molar-refractivity contribution in [3.63, 3.8) is 0 Å². The van der Waals surface area contributed by atoms with Crippen molar-refractivity contribution in [2.24, 2.45) is 8.76 Å². The first kappa shape index (κ1) is 7.51. The van der Waals surface area contributed by atoms with Crippen molar-refractivity contribution in [1.29, 1.82) is 0 Å². The summed E-state index contributed by atoms with van der Waals surface area (Å²) in [7, 11) is 0. The highest BCUT2D eigenvalue weighted by molar-refractivity contribution is 7.79. The van der Waals surface area contributed by atoms with Gasteiger partial charge in [-0.15, -0.1) is 0 Å². The molecule has 8 heavy (non-hydrogen) atoms. The number of carboxylic acids is 1.